The van der Waals surface area contributed by atoms with Crippen LogP contribution in [0.4, 0.5) is 13.2 Å². The van der Waals surface area contributed by atoms with Crippen LogP contribution in [0.25, 0.3) is 0 Å². The number of hydrogen-bond acceptors (Lipinski definition) is 13. The summed E-state index contributed by atoms with van der Waals surface area (Å²) in [4.78, 5) is 150. The molecule has 5 atom stereocenters. The number of alkyl halides is 3. The Bertz CT molecular complexity index is 1930. The van der Waals surface area contributed by atoms with Crippen molar-refractivity contribution in [3.63, 3.8) is 0 Å². The van der Waals surface area contributed by atoms with Crippen LogP contribution in [0.2, 0.25) is 0 Å². The summed E-state index contributed by atoms with van der Waals surface area (Å²) in [5.41, 5.74) is 11.3. The van der Waals surface area contributed by atoms with Gasteiger partial charge >= 0.3 is 12.1 Å². The normalized spacial score (nSPS) is 26.6. The van der Waals surface area contributed by atoms with Gasteiger partial charge < -0.3 is 67.2 Å². The summed E-state index contributed by atoms with van der Waals surface area (Å²) in [6, 6.07) is -5.38. The van der Waals surface area contributed by atoms with E-state index >= 15 is 0 Å². The number of rotatable bonds is 1. The zero-order chi connectivity index (χ0) is 51.4. The maximum atomic E-state index is 13.6. The smallest absolute Gasteiger partial charge is 0.475 e. The Kier molecular flexibility index (Phi) is 20.0. The van der Waals surface area contributed by atoms with E-state index in [1.807, 2.05) is 0 Å². The number of fused-ring (bicyclic) bond motifs is 2. The van der Waals surface area contributed by atoms with Gasteiger partial charge in [0.1, 0.15) is 35.7 Å². The molecule has 382 valence electrons. The monoisotopic (exact) mass is 974 g/mol. The van der Waals surface area contributed by atoms with Crippen LogP contribution in [-0.2, 0) is 52.7 Å². The van der Waals surface area contributed by atoms with E-state index in [4.69, 9.17) is 21.4 Å². The Morgan fingerprint density at radius 2 is 1.06 bits per heavy atom. The number of amides is 10. The zero-order valence-corrected chi connectivity index (χ0v) is 39.2. The molecule has 24 nitrogen and oxygen atoms in total. The number of hydrogen-bond donors (Lipinski definition) is 7. The van der Waals surface area contributed by atoms with E-state index in [9.17, 15) is 61.1 Å². The number of carboxylic acid groups (broad SMARTS) is 1. The lowest BCUT2D eigenvalue weighted by molar-refractivity contribution is -0.192. The van der Waals surface area contributed by atoms with E-state index < -0.39 is 139 Å². The topological polar surface area (TPSA) is 328 Å². The molecule has 9 N–H and O–H groups in total. The van der Waals surface area contributed by atoms with Crippen molar-refractivity contribution in [2.45, 2.75) is 107 Å². The Labute approximate surface area is 391 Å². The molecule has 4 fully saturated rings. The molecule has 0 aromatic carbocycles. The molecule has 10 amide bonds. The second kappa shape index (κ2) is 24.2. The van der Waals surface area contributed by atoms with E-state index in [1.165, 1.54) is 47.8 Å². The van der Waals surface area contributed by atoms with E-state index in [2.05, 4.69) is 21.3 Å². The van der Waals surface area contributed by atoms with Crippen LogP contribution >= 0.6 is 0 Å². The summed E-state index contributed by atoms with van der Waals surface area (Å²) in [5.74, 6) is -8.98. The maximum Gasteiger partial charge on any atom is 0.490 e. The van der Waals surface area contributed by atoms with Crippen molar-refractivity contribution >= 4 is 65.0 Å². The molecule has 3 aliphatic heterocycles. The molecule has 3 saturated heterocycles. The number of likely N-dealkylation sites (N-methyl/N-ethyl adjacent to an activating group) is 4. The molecule has 0 bridgehead atoms. The quantitative estimate of drug-likeness (QED) is 0.132. The fraction of sp³-hybridized carbons (Fsp3) is 0.732. The second-order valence-electron chi connectivity index (χ2n) is 17.7. The van der Waals surface area contributed by atoms with Crippen LogP contribution in [0.3, 0.4) is 0 Å². The van der Waals surface area contributed by atoms with Crippen LogP contribution in [-0.4, -0.2) is 222 Å². The van der Waals surface area contributed by atoms with Gasteiger partial charge in [0.05, 0.1) is 26.2 Å². The molecule has 0 radical (unpaired) electrons. The Balaban J connectivity index is 0.00000162. The summed E-state index contributed by atoms with van der Waals surface area (Å²) in [6.45, 7) is 1.49. The van der Waals surface area contributed by atoms with E-state index in [-0.39, 0.29) is 26.2 Å². The minimum absolute atomic E-state index is 0.214. The summed E-state index contributed by atoms with van der Waals surface area (Å²) in [5, 5.41) is 17.6. The number of halogens is 3. The highest BCUT2D eigenvalue weighted by Gasteiger charge is 2.55. The largest absolute Gasteiger partial charge is 0.490 e. The highest BCUT2D eigenvalue weighted by molar-refractivity contribution is 5.97. The SMILES string of the molecule is CC(C)[C@H]1C(=O)NC[C@@H](N)C(=O)N2CCCC[C@H]2C(=O)NCC(=O)N(C)CC(=O)N(C)C2(CC2)C(=O)NC[C@@H](N)C(=O)N2CCCC[C@H]2C(=O)NCC(=O)N(C)CC(=O)N1C.O=C(O)C(F)(F)F. The lowest BCUT2D eigenvalue weighted by Crippen LogP contribution is -2.60. The van der Waals surface area contributed by atoms with Gasteiger partial charge in [-0.05, 0) is 57.3 Å². The van der Waals surface area contributed by atoms with Gasteiger partial charge in [0, 0.05) is 54.4 Å². The van der Waals surface area contributed by atoms with Crippen LogP contribution in [0.1, 0.15) is 65.2 Å². The van der Waals surface area contributed by atoms with Gasteiger partial charge in [-0.25, -0.2) is 4.79 Å². The number of carboxylic acids is 1. The molecule has 0 unspecified atom stereocenters. The first-order valence-electron chi connectivity index (χ1n) is 22.2. The lowest BCUT2D eigenvalue weighted by atomic mass is 9.99. The van der Waals surface area contributed by atoms with Crippen molar-refractivity contribution in [2.75, 3.05) is 80.5 Å². The predicted octanol–water partition coefficient (Wildman–Crippen LogP) is -4.09. The third-order valence-corrected chi connectivity index (χ3v) is 12.3. The van der Waals surface area contributed by atoms with Gasteiger partial charge in [-0.15, -0.1) is 0 Å². The van der Waals surface area contributed by atoms with E-state index in [0.29, 0.717) is 51.4 Å². The summed E-state index contributed by atoms with van der Waals surface area (Å²) in [6.07, 6.45) is -1.35. The average Bonchev–Trinajstić information content (AvgIpc) is 4.11. The molecule has 1 aliphatic carbocycles. The number of aliphatic carboxylic acids is 1. The van der Waals surface area contributed by atoms with Crippen LogP contribution in [0.5, 0.6) is 0 Å². The van der Waals surface area contributed by atoms with Crippen LogP contribution in [0, 0.1) is 5.92 Å². The van der Waals surface area contributed by atoms with Crippen molar-refractivity contribution in [1.82, 2.24) is 50.7 Å². The molecule has 27 heteroatoms. The fourth-order valence-corrected chi connectivity index (χ4v) is 8.00. The van der Waals surface area contributed by atoms with Gasteiger partial charge in [0.2, 0.25) is 59.1 Å². The van der Waals surface area contributed by atoms with E-state index in [1.54, 1.807) is 13.8 Å². The summed E-state index contributed by atoms with van der Waals surface area (Å²) >= 11 is 0. The second-order valence-corrected chi connectivity index (χ2v) is 17.7. The summed E-state index contributed by atoms with van der Waals surface area (Å²) in [7, 11) is 5.60. The highest BCUT2D eigenvalue weighted by atomic mass is 19.4. The molecule has 1 spiro atoms. The third kappa shape index (κ3) is 14.7. The Morgan fingerprint density at radius 1 is 0.647 bits per heavy atom. The molecule has 0 aromatic heterocycles. The first-order chi connectivity index (χ1) is 31.7. The van der Waals surface area contributed by atoms with Gasteiger partial charge in [-0.1, -0.05) is 13.8 Å². The number of carbonyl (C=O) groups is 11. The van der Waals surface area contributed by atoms with Gasteiger partial charge in [-0.2, -0.15) is 13.2 Å². The predicted molar refractivity (Wildman–Crippen MR) is 232 cm³/mol. The van der Waals surface area contributed by atoms with Crippen molar-refractivity contribution in [3.05, 3.63) is 0 Å². The molecule has 3 heterocycles. The summed E-state index contributed by atoms with van der Waals surface area (Å²) < 4.78 is 31.7. The Hall–Kier alpha value is -6.12. The fourth-order valence-electron chi connectivity index (χ4n) is 8.00. The van der Waals surface area contributed by atoms with Crippen molar-refractivity contribution in [2.24, 2.45) is 17.4 Å². The first-order valence-corrected chi connectivity index (χ1v) is 22.2. The molecule has 0 aromatic rings. The minimum atomic E-state index is -5.08. The number of nitrogens with one attached hydrogen (secondary N) is 4. The molecule has 68 heavy (non-hydrogen) atoms. The third-order valence-electron chi connectivity index (χ3n) is 12.3. The van der Waals surface area contributed by atoms with E-state index in [0.717, 1.165) is 9.80 Å². The van der Waals surface area contributed by atoms with Crippen molar-refractivity contribution in [1.29, 1.82) is 0 Å². The standard InChI is InChI=1S/C39H64N12O10.C2HF3O2/c1-23(2)32-35(58)42-17-24(40)36(59)50-15-9-7-11-26(50)33(56)44-20-29(53)47(4)22-31(55)49(6)39(13-14-39)38(61)45-18-25(41)37(60)51-16-10-8-12-27(51)34(57)43-19-28(52)46(3)21-30(54)48(32)5;3-2(4,5)1(6)7/h23-27,32H,7-22,40-41H2,1-6H3,(H,42,58)(H,43,57)(H,44,56)(H,45,61);(H,6,7)/t24-,25-,26+,27+,32+;/m1./s1. The van der Waals surface area contributed by atoms with Crippen molar-refractivity contribution < 1.29 is 71.0 Å². The maximum absolute atomic E-state index is 13.6. The molecule has 1 saturated carbocycles. The van der Waals surface area contributed by atoms with Gasteiger partial charge in [0.25, 0.3) is 0 Å². The molecule has 4 rings (SSSR count). The van der Waals surface area contributed by atoms with Gasteiger partial charge in [0.15, 0.2) is 0 Å². The number of nitrogens with zero attached hydrogens (tertiary/aromatic N) is 6. The zero-order valence-electron chi connectivity index (χ0n) is 39.2. The lowest BCUT2D eigenvalue weighted by Gasteiger charge is -2.36. The number of piperidine rings is 2. The van der Waals surface area contributed by atoms with Gasteiger partial charge in [-0.3, -0.25) is 47.9 Å². The highest BCUT2D eigenvalue weighted by Crippen LogP contribution is 2.41. The molecular formula is C41H65F3N12O12. The number of nitrogens with two attached hydrogens (primary N) is 2. The minimum Gasteiger partial charge on any atom is -0.475 e. The van der Waals surface area contributed by atoms with Crippen LogP contribution in [0.15, 0.2) is 0 Å². The molecular weight excluding hydrogens is 910 g/mol. The Morgan fingerprint density at radius 3 is 1.46 bits per heavy atom. The average molecular weight is 975 g/mol. The number of carbonyl (C=O) groups excluding carboxylic acids is 10. The first kappa shape index (κ1) is 56.2. The van der Waals surface area contributed by atoms with Crippen molar-refractivity contribution in [3.8, 4) is 0 Å². The molecule has 4 aliphatic rings. The van der Waals surface area contributed by atoms with Crippen LogP contribution < -0.4 is 32.7 Å².